The second-order valence-corrected chi connectivity index (χ2v) is 4.60. The maximum absolute atomic E-state index is 4.31. The quantitative estimate of drug-likeness (QED) is 0.778. The van der Waals surface area contributed by atoms with Crippen LogP contribution < -0.4 is 5.32 Å². The Morgan fingerprint density at radius 1 is 1.50 bits per heavy atom. The topological polar surface area (TPSA) is 29.9 Å². The number of nitrogens with one attached hydrogen (secondary N) is 1. The van der Waals surface area contributed by atoms with E-state index in [4.69, 9.17) is 0 Å². The molecule has 0 bridgehead atoms. The van der Waals surface area contributed by atoms with Gasteiger partial charge in [-0.3, -0.25) is 4.68 Å². The average Bonchev–Trinajstić information content (AvgIpc) is 2.51. The number of aryl methyl sites for hydroxylation is 1. The van der Waals surface area contributed by atoms with Gasteiger partial charge in [-0.1, -0.05) is 20.8 Å². The molecule has 0 aliphatic heterocycles. The van der Waals surface area contributed by atoms with Gasteiger partial charge in [-0.05, 0) is 17.9 Å². The van der Waals surface area contributed by atoms with Crippen LogP contribution in [0.5, 0.6) is 0 Å². The first-order valence-electron chi connectivity index (χ1n) is 5.23. The molecule has 0 aromatic carbocycles. The minimum atomic E-state index is 0.384. The highest BCUT2D eigenvalue weighted by Crippen LogP contribution is 2.17. The molecule has 3 heteroatoms. The molecule has 0 saturated carbocycles. The molecule has 1 N–H and O–H groups in total. The van der Waals surface area contributed by atoms with Gasteiger partial charge in [-0.25, -0.2) is 0 Å². The van der Waals surface area contributed by atoms with E-state index in [-0.39, 0.29) is 0 Å². The van der Waals surface area contributed by atoms with Crippen molar-refractivity contribution in [1.29, 1.82) is 0 Å². The third-order valence-electron chi connectivity index (χ3n) is 2.64. The fraction of sp³-hybridized carbons (Fsp3) is 0.727. The molecular weight excluding hydrogens is 174 g/mol. The van der Waals surface area contributed by atoms with E-state index in [2.05, 4.69) is 31.2 Å². The largest absolute Gasteiger partial charge is 0.311 e. The number of hydrogen-bond acceptors (Lipinski definition) is 2. The van der Waals surface area contributed by atoms with Crippen LogP contribution in [0.4, 0.5) is 0 Å². The van der Waals surface area contributed by atoms with E-state index in [0.717, 1.165) is 18.8 Å². The molecule has 0 radical (unpaired) electrons. The van der Waals surface area contributed by atoms with Gasteiger partial charge < -0.3 is 5.32 Å². The zero-order chi connectivity index (χ0) is 10.6. The summed E-state index contributed by atoms with van der Waals surface area (Å²) in [5.74, 6) is 0. The first-order valence-corrected chi connectivity index (χ1v) is 5.23. The summed E-state index contributed by atoms with van der Waals surface area (Å²) in [6.45, 7) is 8.68. The molecular formula is C11H21N3. The molecule has 14 heavy (non-hydrogen) atoms. The lowest BCUT2D eigenvalue weighted by Crippen LogP contribution is -2.28. The first kappa shape index (κ1) is 11.2. The van der Waals surface area contributed by atoms with Gasteiger partial charge in [0.1, 0.15) is 0 Å². The predicted molar refractivity (Wildman–Crippen MR) is 59.0 cm³/mol. The van der Waals surface area contributed by atoms with E-state index < -0.39 is 0 Å². The maximum Gasteiger partial charge on any atom is 0.0762 e. The molecule has 0 aliphatic carbocycles. The zero-order valence-electron chi connectivity index (χ0n) is 9.67. The summed E-state index contributed by atoms with van der Waals surface area (Å²) in [5.41, 5.74) is 1.49. The van der Waals surface area contributed by atoms with Gasteiger partial charge in [0, 0.05) is 26.3 Å². The van der Waals surface area contributed by atoms with E-state index in [9.17, 15) is 0 Å². The lowest BCUT2D eigenvalue weighted by atomic mass is 9.90. The molecule has 0 aliphatic rings. The number of rotatable bonds is 5. The number of hydrogen-bond donors (Lipinski definition) is 1. The Morgan fingerprint density at radius 2 is 2.21 bits per heavy atom. The van der Waals surface area contributed by atoms with Crippen molar-refractivity contribution in [2.75, 3.05) is 6.54 Å². The second-order valence-electron chi connectivity index (χ2n) is 4.60. The lowest BCUT2D eigenvalue weighted by Gasteiger charge is -2.22. The highest BCUT2D eigenvalue weighted by Gasteiger charge is 2.13. The van der Waals surface area contributed by atoms with Crippen LogP contribution in [0, 0.1) is 5.41 Å². The van der Waals surface area contributed by atoms with Gasteiger partial charge in [0.2, 0.25) is 0 Å². The van der Waals surface area contributed by atoms with Crippen molar-refractivity contribution in [2.45, 2.75) is 33.7 Å². The molecule has 3 nitrogen and oxygen atoms in total. The molecule has 1 aromatic rings. The number of aromatic nitrogens is 2. The molecule has 0 amide bonds. The first-order chi connectivity index (χ1) is 6.53. The Morgan fingerprint density at radius 3 is 2.71 bits per heavy atom. The van der Waals surface area contributed by atoms with Crippen molar-refractivity contribution < 1.29 is 0 Å². The standard InChI is InChI=1S/C11H21N3/c1-5-11(2,3)9-12-8-10-6-7-14(4)13-10/h6-7,12H,5,8-9H2,1-4H3. The van der Waals surface area contributed by atoms with Crippen LogP contribution in [0.3, 0.4) is 0 Å². The predicted octanol–water partition coefficient (Wildman–Crippen LogP) is 1.95. The molecule has 0 unspecified atom stereocenters. The van der Waals surface area contributed by atoms with Crippen molar-refractivity contribution in [3.63, 3.8) is 0 Å². The minimum Gasteiger partial charge on any atom is -0.311 e. The Hall–Kier alpha value is -0.830. The van der Waals surface area contributed by atoms with E-state index in [1.807, 2.05) is 24.0 Å². The SMILES string of the molecule is CCC(C)(C)CNCc1ccn(C)n1. The minimum absolute atomic E-state index is 0.384. The third-order valence-corrected chi connectivity index (χ3v) is 2.64. The Labute approximate surface area is 86.5 Å². The summed E-state index contributed by atoms with van der Waals surface area (Å²) in [6, 6.07) is 2.05. The molecule has 1 heterocycles. The van der Waals surface area contributed by atoms with Gasteiger partial charge >= 0.3 is 0 Å². The smallest absolute Gasteiger partial charge is 0.0762 e. The van der Waals surface area contributed by atoms with E-state index in [1.54, 1.807) is 0 Å². The Bertz CT molecular complexity index is 276. The van der Waals surface area contributed by atoms with E-state index in [1.165, 1.54) is 6.42 Å². The molecule has 0 spiro atoms. The van der Waals surface area contributed by atoms with Crippen molar-refractivity contribution in [2.24, 2.45) is 12.5 Å². The van der Waals surface area contributed by atoms with Crippen molar-refractivity contribution >= 4 is 0 Å². The van der Waals surface area contributed by atoms with Crippen LogP contribution in [-0.2, 0) is 13.6 Å². The summed E-state index contributed by atoms with van der Waals surface area (Å²) in [5, 5.41) is 7.74. The van der Waals surface area contributed by atoms with Crippen LogP contribution in [0.2, 0.25) is 0 Å². The van der Waals surface area contributed by atoms with Gasteiger partial charge in [-0.2, -0.15) is 5.10 Å². The second kappa shape index (κ2) is 4.60. The summed E-state index contributed by atoms with van der Waals surface area (Å²) in [4.78, 5) is 0. The Balaban J connectivity index is 2.28. The van der Waals surface area contributed by atoms with Crippen LogP contribution in [-0.4, -0.2) is 16.3 Å². The van der Waals surface area contributed by atoms with Crippen LogP contribution in [0.15, 0.2) is 12.3 Å². The molecule has 0 fully saturated rings. The molecule has 1 aromatic heterocycles. The summed E-state index contributed by atoms with van der Waals surface area (Å²) >= 11 is 0. The fourth-order valence-electron chi connectivity index (χ4n) is 1.21. The van der Waals surface area contributed by atoms with E-state index >= 15 is 0 Å². The fourth-order valence-corrected chi connectivity index (χ4v) is 1.21. The van der Waals surface area contributed by atoms with Crippen molar-refractivity contribution in [3.05, 3.63) is 18.0 Å². The van der Waals surface area contributed by atoms with Crippen molar-refractivity contribution in [1.82, 2.24) is 15.1 Å². The zero-order valence-corrected chi connectivity index (χ0v) is 9.67. The summed E-state index contributed by atoms with van der Waals surface area (Å²) < 4.78 is 1.84. The molecule has 80 valence electrons. The van der Waals surface area contributed by atoms with Gasteiger partial charge in [0.15, 0.2) is 0 Å². The van der Waals surface area contributed by atoms with Crippen LogP contribution in [0.25, 0.3) is 0 Å². The van der Waals surface area contributed by atoms with Crippen LogP contribution >= 0.6 is 0 Å². The van der Waals surface area contributed by atoms with Crippen LogP contribution in [0.1, 0.15) is 32.9 Å². The molecule has 0 saturated heterocycles. The van der Waals surface area contributed by atoms with E-state index in [0.29, 0.717) is 5.41 Å². The number of nitrogens with zero attached hydrogens (tertiary/aromatic N) is 2. The Kier molecular flexibility index (Phi) is 3.69. The van der Waals surface area contributed by atoms with Crippen molar-refractivity contribution in [3.8, 4) is 0 Å². The lowest BCUT2D eigenvalue weighted by molar-refractivity contribution is 0.327. The normalized spacial score (nSPS) is 12.0. The average molecular weight is 195 g/mol. The maximum atomic E-state index is 4.31. The third kappa shape index (κ3) is 3.50. The highest BCUT2D eigenvalue weighted by atomic mass is 15.3. The molecule has 0 atom stereocenters. The van der Waals surface area contributed by atoms with Gasteiger partial charge in [0.05, 0.1) is 5.69 Å². The summed E-state index contributed by atoms with van der Waals surface area (Å²) in [7, 11) is 1.94. The molecule has 1 rings (SSSR count). The van der Waals surface area contributed by atoms with Gasteiger partial charge in [-0.15, -0.1) is 0 Å². The monoisotopic (exact) mass is 195 g/mol. The highest BCUT2D eigenvalue weighted by molar-refractivity contribution is 4.97. The van der Waals surface area contributed by atoms with Gasteiger partial charge in [0.25, 0.3) is 0 Å². The summed E-state index contributed by atoms with van der Waals surface area (Å²) in [6.07, 6.45) is 3.17.